The highest BCUT2D eigenvalue weighted by atomic mass is 16.5. The van der Waals surface area contributed by atoms with E-state index in [0.717, 1.165) is 40.1 Å². The molecule has 3 heterocycles. The molecule has 9 nitrogen and oxygen atoms in total. The second kappa shape index (κ2) is 10.5. The summed E-state index contributed by atoms with van der Waals surface area (Å²) in [4.78, 5) is 27.8. The lowest BCUT2D eigenvalue weighted by molar-refractivity contribution is -0.111. The van der Waals surface area contributed by atoms with E-state index >= 15 is 0 Å². The number of fused-ring (bicyclic) bond motifs is 1. The number of hydrogen-bond donors (Lipinski definition) is 3. The van der Waals surface area contributed by atoms with Crippen molar-refractivity contribution in [1.82, 2.24) is 15.0 Å². The Bertz CT molecular complexity index is 1390. The molecule has 2 aromatic carbocycles. The molecule has 1 amide bonds. The van der Waals surface area contributed by atoms with E-state index in [9.17, 15) is 4.79 Å². The number of ether oxygens (including phenoxy) is 1. The third-order valence-electron chi connectivity index (χ3n) is 6.04. The number of amides is 1. The fourth-order valence-corrected chi connectivity index (χ4v) is 4.22. The van der Waals surface area contributed by atoms with E-state index in [0.29, 0.717) is 31.4 Å². The number of aromatic nitrogens is 3. The lowest BCUT2D eigenvalue weighted by atomic mass is 10.0. The summed E-state index contributed by atoms with van der Waals surface area (Å²) >= 11 is 0. The van der Waals surface area contributed by atoms with Crippen molar-refractivity contribution in [3.8, 4) is 11.1 Å². The molecule has 2 aromatic heterocycles. The fraction of sp³-hybridized carbons (Fsp3) is 0.185. The molecule has 0 aliphatic carbocycles. The molecule has 1 fully saturated rings. The van der Waals surface area contributed by atoms with Crippen LogP contribution in [0, 0.1) is 0 Å². The van der Waals surface area contributed by atoms with Gasteiger partial charge in [0, 0.05) is 35.9 Å². The number of para-hydroxylation sites is 1. The van der Waals surface area contributed by atoms with E-state index in [2.05, 4.69) is 32.1 Å². The Balaban J connectivity index is 1.40. The maximum Gasteiger partial charge on any atom is 0.247 e. The van der Waals surface area contributed by atoms with Gasteiger partial charge in [0.05, 0.1) is 36.7 Å². The summed E-state index contributed by atoms with van der Waals surface area (Å²) in [6, 6.07) is 17.6. The predicted molar refractivity (Wildman–Crippen MR) is 142 cm³/mol. The van der Waals surface area contributed by atoms with Crippen LogP contribution in [-0.2, 0) is 9.53 Å². The highest BCUT2D eigenvalue weighted by Crippen LogP contribution is 2.30. The minimum atomic E-state index is -0.259. The number of pyridine rings is 1. The standard InChI is InChI=1S/C27H27N7O2/c1-2-25(35)31-20-7-3-5-18(13-20)23-8-4-6-19-15-30-27(33-26(19)23)32-21-9-10-24(29-16-21)34-11-12-36-17-22(34)14-28/h2-10,13,15-16,22H,1,11-12,14,17,28H2,(H,31,35)(H,30,32,33). The van der Waals surface area contributed by atoms with Crippen molar-refractivity contribution in [1.29, 1.82) is 0 Å². The second-order valence-electron chi connectivity index (χ2n) is 8.40. The molecule has 182 valence electrons. The van der Waals surface area contributed by atoms with Gasteiger partial charge in [-0.1, -0.05) is 36.9 Å². The maximum atomic E-state index is 11.7. The third-order valence-corrected chi connectivity index (χ3v) is 6.04. The average Bonchev–Trinajstić information content (AvgIpc) is 2.93. The highest BCUT2D eigenvalue weighted by molar-refractivity contribution is 6.00. The summed E-state index contributed by atoms with van der Waals surface area (Å²) in [5.41, 5.74) is 10.0. The smallest absolute Gasteiger partial charge is 0.247 e. The number of anilines is 4. The van der Waals surface area contributed by atoms with Crippen LogP contribution in [0.2, 0.25) is 0 Å². The van der Waals surface area contributed by atoms with Gasteiger partial charge in [-0.3, -0.25) is 4.79 Å². The van der Waals surface area contributed by atoms with Crippen LogP contribution in [0.25, 0.3) is 22.0 Å². The lowest BCUT2D eigenvalue weighted by Crippen LogP contribution is -2.49. The van der Waals surface area contributed by atoms with E-state index < -0.39 is 0 Å². The van der Waals surface area contributed by atoms with Crippen LogP contribution in [-0.4, -0.2) is 53.2 Å². The Morgan fingerprint density at radius 3 is 2.83 bits per heavy atom. The van der Waals surface area contributed by atoms with Gasteiger partial charge in [0.1, 0.15) is 5.82 Å². The summed E-state index contributed by atoms with van der Waals surface area (Å²) in [5, 5.41) is 6.97. The second-order valence-corrected chi connectivity index (χ2v) is 8.40. The van der Waals surface area contributed by atoms with E-state index in [1.165, 1.54) is 6.08 Å². The van der Waals surface area contributed by atoms with Crippen molar-refractivity contribution in [2.75, 3.05) is 41.8 Å². The largest absolute Gasteiger partial charge is 0.377 e. The highest BCUT2D eigenvalue weighted by Gasteiger charge is 2.22. The monoisotopic (exact) mass is 481 g/mol. The molecule has 0 spiro atoms. The maximum absolute atomic E-state index is 11.7. The molecule has 36 heavy (non-hydrogen) atoms. The number of nitrogens with zero attached hydrogens (tertiary/aromatic N) is 4. The number of carbonyl (C=O) groups excluding carboxylic acids is 1. The normalized spacial score (nSPS) is 15.5. The predicted octanol–water partition coefficient (Wildman–Crippen LogP) is 3.72. The van der Waals surface area contributed by atoms with Crippen LogP contribution in [0.1, 0.15) is 0 Å². The zero-order valence-electron chi connectivity index (χ0n) is 19.7. The van der Waals surface area contributed by atoms with Crippen molar-refractivity contribution in [2.45, 2.75) is 6.04 Å². The molecule has 1 aliphatic heterocycles. The van der Waals surface area contributed by atoms with E-state index in [-0.39, 0.29) is 11.9 Å². The number of nitrogens with one attached hydrogen (secondary N) is 2. The van der Waals surface area contributed by atoms with Crippen molar-refractivity contribution in [3.05, 3.63) is 79.6 Å². The number of benzene rings is 2. The van der Waals surface area contributed by atoms with E-state index in [4.69, 9.17) is 15.5 Å². The van der Waals surface area contributed by atoms with Crippen molar-refractivity contribution >= 4 is 40.0 Å². The molecule has 1 aliphatic rings. The zero-order chi connectivity index (χ0) is 24.9. The number of nitrogens with two attached hydrogens (primary N) is 1. The van der Waals surface area contributed by atoms with Crippen LogP contribution in [0.4, 0.5) is 23.1 Å². The number of morpholine rings is 1. The molecule has 4 aromatic rings. The molecular formula is C27H27N7O2. The molecule has 0 radical (unpaired) electrons. The van der Waals surface area contributed by atoms with Crippen LogP contribution >= 0.6 is 0 Å². The topological polar surface area (TPSA) is 118 Å². The number of hydrogen-bond acceptors (Lipinski definition) is 8. The minimum Gasteiger partial charge on any atom is -0.377 e. The van der Waals surface area contributed by atoms with Gasteiger partial charge in [-0.05, 0) is 35.9 Å². The summed E-state index contributed by atoms with van der Waals surface area (Å²) in [6.07, 6.45) is 4.80. The lowest BCUT2D eigenvalue weighted by Gasteiger charge is -2.35. The summed E-state index contributed by atoms with van der Waals surface area (Å²) in [6.45, 7) is 6.05. The van der Waals surface area contributed by atoms with Gasteiger partial charge in [-0.25, -0.2) is 15.0 Å². The molecular weight excluding hydrogens is 454 g/mol. The van der Waals surface area contributed by atoms with Crippen LogP contribution < -0.4 is 21.3 Å². The molecule has 1 unspecified atom stereocenters. The Morgan fingerprint density at radius 2 is 2.03 bits per heavy atom. The number of carbonyl (C=O) groups is 1. The molecule has 1 atom stereocenters. The first-order valence-electron chi connectivity index (χ1n) is 11.7. The Morgan fingerprint density at radius 1 is 1.14 bits per heavy atom. The van der Waals surface area contributed by atoms with Gasteiger partial charge < -0.3 is 26.0 Å². The molecule has 0 bridgehead atoms. The molecule has 9 heteroatoms. The average molecular weight is 482 g/mol. The van der Waals surface area contributed by atoms with E-state index in [1.807, 2.05) is 54.6 Å². The minimum absolute atomic E-state index is 0.121. The van der Waals surface area contributed by atoms with E-state index in [1.54, 1.807) is 12.4 Å². The first kappa shape index (κ1) is 23.4. The Labute approximate surface area is 209 Å². The van der Waals surface area contributed by atoms with Crippen molar-refractivity contribution < 1.29 is 9.53 Å². The molecule has 0 saturated carbocycles. The van der Waals surface area contributed by atoms with Gasteiger partial charge in [0.15, 0.2) is 0 Å². The van der Waals surface area contributed by atoms with Gasteiger partial charge >= 0.3 is 0 Å². The SMILES string of the molecule is C=CC(=O)Nc1cccc(-c2cccc3cnc(Nc4ccc(N5CCOCC5CN)nc4)nc23)c1. The molecule has 1 saturated heterocycles. The Kier molecular flexibility index (Phi) is 6.83. The Hall–Kier alpha value is -4.34. The van der Waals surface area contributed by atoms with Gasteiger partial charge in [0.25, 0.3) is 0 Å². The van der Waals surface area contributed by atoms with Crippen LogP contribution in [0.3, 0.4) is 0 Å². The van der Waals surface area contributed by atoms with Crippen LogP contribution in [0.5, 0.6) is 0 Å². The summed E-state index contributed by atoms with van der Waals surface area (Å²) < 4.78 is 5.53. The quantitative estimate of drug-likeness (QED) is 0.342. The first-order valence-corrected chi connectivity index (χ1v) is 11.7. The summed E-state index contributed by atoms with van der Waals surface area (Å²) in [5.74, 6) is 1.07. The molecule has 5 rings (SSSR count). The number of rotatable bonds is 7. The molecule has 4 N–H and O–H groups in total. The van der Waals surface area contributed by atoms with Gasteiger partial charge in [-0.15, -0.1) is 0 Å². The van der Waals surface area contributed by atoms with Gasteiger partial charge in [0.2, 0.25) is 11.9 Å². The first-order chi connectivity index (χ1) is 17.6. The third kappa shape index (κ3) is 5.02. The zero-order valence-corrected chi connectivity index (χ0v) is 19.7. The van der Waals surface area contributed by atoms with Crippen molar-refractivity contribution in [3.63, 3.8) is 0 Å². The van der Waals surface area contributed by atoms with Crippen LogP contribution in [0.15, 0.2) is 79.6 Å². The summed E-state index contributed by atoms with van der Waals surface area (Å²) in [7, 11) is 0. The fourth-order valence-electron chi connectivity index (χ4n) is 4.22. The van der Waals surface area contributed by atoms with Crippen molar-refractivity contribution in [2.24, 2.45) is 5.73 Å². The van der Waals surface area contributed by atoms with Gasteiger partial charge in [-0.2, -0.15) is 0 Å².